The van der Waals surface area contributed by atoms with E-state index in [1.807, 2.05) is 26.0 Å². The lowest BCUT2D eigenvalue weighted by Gasteiger charge is -2.12. The molecule has 0 atom stereocenters. The summed E-state index contributed by atoms with van der Waals surface area (Å²) in [6.45, 7) is 9.64. The minimum atomic E-state index is -3.19. The van der Waals surface area contributed by atoms with Gasteiger partial charge in [0.25, 0.3) is 0 Å². The molecule has 0 radical (unpaired) electrons. The third-order valence-electron chi connectivity index (χ3n) is 3.80. The molecule has 2 N–H and O–H groups in total. The topological polar surface area (TPSA) is 79.8 Å². The van der Waals surface area contributed by atoms with Crippen LogP contribution < -0.4 is 10.6 Å². The lowest BCUT2D eigenvalue weighted by atomic mass is 10.1. The molecule has 148 valence electrons. The van der Waals surface area contributed by atoms with E-state index in [4.69, 9.17) is 4.74 Å². The van der Waals surface area contributed by atoms with Crippen LogP contribution in [0, 0.1) is 6.92 Å². The van der Waals surface area contributed by atoms with Crippen LogP contribution in [0.1, 0.15) is 44.2 Å². The van der Waals surface area contributed by atoms with Gasteiger partial charge in [-0.05, 0) is 43.9 Å². The van der Waals surface area contributed by atoms with Crippen LogP contribution in [0.4, 0.5) is 0 Å². The van der Waals surface area contributed by atoms with Crippen molar-refractivity contribution >= 4 is 15.8 Å². The number of rotatable bonds is 11. The second-order valence-corrected chi connectivity index (χ2v) is 8.30. The van der Waals surface area contributed by atoms with Gasteiger partial charge in [-0.3, -0.25) is 0 Å². The number of sulfone groups is 1. The Labute approximate surface area is 158 Å². The molecule has 0 spiro atoms. The smallest absolute Gasteiger partial charge is 0.191 e. The van der Waals surface area contributed by atoms with Crippen molar-refractivity contribution in [3.05, 3.63) is 29.3 Å². The van der Waals surface area contributed by atoms with Crippen molar-refractivity contribution in [3.8, 4) is 0 Å². The molecule has 6 nitrogen and oxygen atoms in total. The fourth-order valence-electron chi connectivity index (χ4n) is 2.47. The highest BCUT2D eigenvalue weighted by Crippen LogP contribution is 2.17. The van der Waals surface area contributed by atoms with Crippen LogP contribution >= 0.6 is 0 Å². The molecule has 0 bridgehead atoms. The van der Waals surface area contributed by atoms with Gasteiger partial charge in [-0.2, -0.15) is 0 Å². The summed E-state index contributed by atoms with van der Waals surface area (Å²) in [7, 11) is -3.19. The van der Waals surface area contributed by atoms with Crippen molar-refractivity contribution in [2.24, 2.45) is 4.99 Å². The number of ether oxygens (including phenoxy) is 1. The number of hydrogen-bond donors (Lipinski definition) is 2. The summed E-state index contributed by atoms with van der Waals surface area (Å²) < 4.78 is 28.9. The maximum Gasteiger partial charge on any atom is 0.191 e. The number of guanidine groups is 1. The predicted molar refractivity (Wildman–Crippen MR) is 107 cm³/mol. The van der Waals surface area contributed by atoms with Gasteiger partial charge in [0, 0.05) is 32.6 Å². The van der Waals surface area contributed by atoms with E-state index in [1.165, 1.54) is 6.26 Å². The Morgan fingerprint density at radius 1 is 1.15 bits per heavy atom. The lowest BCUT2D eigenvalue weighted by molar-refractivity contribution is 0.129. The van der Waals surface area contributed by atoms with Crippen molar-refractivity contribution in [1.29, 1.82) is 0 Å². The maximum absolute atomic E-state index is 11.7. The molecular weight excluding hydrogens is 350 g/mol. The highest BCUT2D eigenvalue weighted by molar-refractivity contribution is 7.90. The molecule has 0 aliphatic heterocycles. The van der Waals surface area contributed by atoms with Crippen molar-refractivity contribution < 1.29 is 13.2 Å². The van der Waals surface area contributed by atoms with E-state index in [0.717, 1.165) is 62.7 Å². The summed E-state index contributed by atoms with van der Waals surface area (Å²) in [6, 6.07) is 5.35. The molecule has 7 heteroatoms. The standard InChI is InChI=1S/C19H33N3O3S/c1-5-7-12-25-13-8-11-21-19(20-6-2)22-15-17-9-10-18(16(3)14-17)26(4,23)24/h9-10,14H,5-8,11-13,15H2,1-4H3,(H2,20,21,22). The summed E-state index contributed by atoms with van der Waals surface area (Å²) in [4.78, 5) is 4.94. The van der Waals surface area contributed by atoms with Gasteiger partial charge in [-0.1, -0.05) is 25.5 Å². The van der Waals surface area contributed by atoms with Crippen molar-refractivity contribution in [1.82, 2.24) is 10.6 Å². The van der Waals surface area contributed by atoms with Gasteiger partial charge >= 0.3 is 0 Å². The van der Waals surface area contributed by atoms with E-state index in [-0.39, 0.29) is 0 Å². The summed E-state index contributed by atoms with van der Waals surface area (Å²) in [5.41, 5.74) is 1.73. The Morgan fingerprint density at radius 3 is 2.50 bits per heavy atom. The monoisotopic (exact) mass is 383 g/mol. The summed E-state index contributed by atoms with van der Waals surface area (Å²) in [6.07, 6.45) is 4.41. The Hall–Kier alpha value is -1.60. The molecule has 0 unspecified atom stereocenters. The van der Waals surface area contributed by atoms with Crippen molar-refractivity contribution in [3.63, 3.8) is 0 Å². The number of benzene rings is 1. The first kappa shape index (κ1) is 22.4. The van der Waals surface area contributed by atoms with Gasteiger partial charge < -0.3 is 15.4 Å². The van der Waals surface area contributed by atoms with Crippen molar-refractivity contribution in [2.75, 3.05) is 32.6 Å². The molecular formula is C19H33N3O3S. The average Bonchev–Trinajstić information content (AvgIpc) is 2.57. The zero-order valence-electron chi connectivity index (χ0n) is 16.5. The SMILES string of the molecule is CCCCOCCCNC(=NCc1ccc(S(C)(=O)=O)c(C)c1)NCC. The van der Waals surface area contributed by atoms with E-state index in [9.17, 15) is 8.42 Å². The average molecular weight is 384 g/mol. The third kappa shape index (κ3) is 8.67. The number of aliphatic imine (C=N–C) groups is 1. The first-order chi connectivity index (χ1) is 12.4. The third-order valence-corrected chi connectivity index (χ3v) is 5.06. The predicted octanol–water partition coefficient (Wildman–Crippen LogP) is 2.66. The Kier molecular flexibility index (Phi) is 10.3. The minimum absolute atomic E-state index is 0.373. The Bertz CT molecular complexity index is 673. The van der Waals surface area contributed by atoms with Gasteiger partial charge in [0.15, 0.2) is 15.8 Å². The zero-order chi connectivity index (χ0) is 19.4. The van der Waals surface area contributed by atoms with Crippen LogP contribution in [-0.4, -0.2) is 46.9 Å². The van der Waals surface area contributed by atoms with Crippen LogP contribution in [0.5, 0.6) is 0 Å². The highest BCUT2D eigenvalue weighted by atomic mass is 32.2. The molecule has 0 aliphatic rings. The lowest BCUT2D eigenvalue weighted by Crippen LogP contribution is -2.38. The Morgan fingerprint density at radius 2 is 1.88 bits per heavy atom. The van der Waals surface area contributed by atoms with Gasteiger partial charge in [0.2, 0.25) is 0 Å². The molecule has 0 aromatic heterocycles. The molecule has 0 heterocycles. The number of hydrogen-bond acceptors (Lipinski definition) is 4. The van der Waals surface area contributed by atoms with E-state index in [0.29, 0.717) is 11.4 Å². The van der Waals surface area contributed by atoms with Crippen LogP contribution in [-0.2, 0) is 21.1 Å². The van der Waals surface area contributed by atoms with Gasteiger partial charge in [-0.15, -0.1) is 0 Å². The normalized spacial score (nSPS) is 12.2. The van der Waals surface area contributed by atoms with E-state index in [2.05, 4.69) is 22.5 Å². The van der Waals surface area contributed by atoms with E-state index < -0.39 is 9.84 Å². The first-order valence-corrected chi connectivity index (χ1v) is 11.2. The quantitative estimate of drug-likeness (QED) is 0.349. The largest absolute Gasteiger partial charge is 0.381 e. The molecule has 0 fully saturated rings. The molecule has 1 aromatic rings. The highest BCUT2D eigenvalue weighted by Gasteiger charge is 2.10. The Balaban J connectivity index is 2.54. The second-order valence-electron chi connectivity index (χ2n) is 6.31. The first-order valence-electron chi connectivity index (χ1n) is 9.28. The van der Waals surface area contributed by atoms with Crippen LogP contribution in [0.25, 0.3) is 0 Å². The fourth-order valence-corrected chi connectivity index (χ4v) is 3.43. The maximum atomic E-state index is 11.7. The van der Waals surface area contributed by atoms with Crippen LogP contribution in [0.15, 0.2) is 28.1 Å². The van der Waals surface area contributed by atoms with E-state index in [1.54, 1.807) is 6.07 Å². The van der Waals surface area contributed by atoms with E-state index >= 15 is 0 Å². The molecule has 0 saturated heterocycles. The summed E-state index contributed by atoms with van der Waals surface area (Å²) >= 11 is 0. The van der Waals surface area contributed by atoms with Gasteiger partial charge in [-0.25, -0.2) is 13.4 Å². The van der Waals surface area contributed by atoms with Crippen molar-refractivity contribution in [2.45, 2.75) is 51.5 Å². The molecule has 0 aliphatic carbocycles. The number of aryl methyl sites for hydroxylation is 1. The molecule has 1 rings (SSSR count). The number of nitrogens with zero attached hydrogens (tertiary/aromatic N) is 1. The summed E-state index contributed by atoms with van der Waals surface area (Å²) in [5.74, 6) is 0.755. The molecule has 0 saturated carbocycles. The molecule has 26 heavy (non-hydrogen) atoms. The molecule has 0 amide bonds. The second kappa shape index (κ2) is 11.9. The number of unbranched alkanes of at least 4 members (excludes halogenated alkanes) is 1. The number of nitrogens with one attached hydrogen (secondary N) is 2. The van der Waals surface area contributed by atoms with Crippen LogP contribution in [0.2, 0.25) is 0 Å². The molecule has 1 aromatic carbocycles. The zero-order valence-corrected chi connectivity index (χ0v) is 17.3. The fraction of sp³-hybridized carbons (Fsp3) is 0.632. The van der Waals surface area contributed by atoms with Crippen LogP contribution in [0.3, 0.4) is 0 Å². The minimum Gasteiger partial charge on any atom is -0.381 e. The summed E-state index contributed by atoms with van der Waals surface area (Å²) in [5, 5.41) is 6.51. The van der Waals surface area contributed by atoms with Gasteiger partial charge in [0.05, 0.1) is 11.4 Å². The van der Waals surface area contributed by atoms with Gasteiger partial charge in [0.1, 0.15) is 0 Å².